The molecule has 1 unspecified atom stereocenters. The minimum absolute atomic E-state index is 0.331. The van der Waals surface area contributed by atoms with E-state index in [1.54, 1.807) is 6.08 Å². The third-order valence-corrected chi connectivity index (χ3v) is 6.52. The number of benzene rings is 3. The highest BCUT2D eigenvalue weighted by molar-refractivity contribution is 6.10. The highest BCUT2D eigenvalue weighted by atomic mass is 16.1. The second-order valence-corrected chi connectivity index (χ2v) is 8.36. The van der Waals surface area contributed by atoms with Crippen molar-refractivity contribution in [1.82, 2.24) is 0 Å². The van der Waals surface area contributed by atoms with Gasteiger partial charge in [-0.25, -0.2) is 0 Å². The van der Waals surface area contributed by atoms with E-state index in [-0.39, 0.29) is 5.92 Å². The van der Waals surface area contributed by atoms with E-state index in [0.717, 1.165) is 40.8 Å². The molecule has 1 aliphatic rings. The minimum atomic E-state index is -0.331. The van der Waals surface area contributed by atoms with Crippen molar-refractivity contribution in [2.45, 2.75) is 47.0 Å². The molecule has 30 heavy (non-hydrogen) atoms. The molecule has 1 aliphatic heterocycles. The van der Waals surface area contributed by atoms with Crippen LogP contribution in [-0.2, 0) is 11.2 Å². The maximum absolute atomic E-state index is 11.9. The Labute approximate surface area is 179 Å². The number of fused-ring (bicyclic) bond motifs is 1. The van der Waals surface area contributed by atoms with E-state index < -0.39 is 0 Å². The summed E-state index contributed by atoms with van der Waals surface area (Å²) in [6.45, 7) is 14.7. The second kappa shape index (κ2) is 7.60. The number of carbonyl (C=O) groups is 1. The highest BCUT2D eigenvalue weighted by Crippen LogP contribution is 2.57. The van der Waals surface area contributed by atoms with Crippen LogP contribution in [0.3, 0.4) is 0 Å². The average Bonchev–Trinajstić information content (AvgIpc) is 3.51. The maximum Gasteiger partial charge on any atom is 0.131 e. The van der Waals surface area contributed by atoms with Crippen LogP contribution in [0.2, 0.25) is 0 Å². The molecule has 3 aromatic carbocycles. The number of anilines is 2. The third kappa shape index (κ3) is 3.17. The van der Waals surface area contributed by atoms with Crippen molar-refractivity contribution in [2.75, 3.05) is 5.32 Å². The smallest absolute Gasteiger partial charge is 0.131 e. The van der Waals surface area contributed by atoms with E-state index in [1.165, 1.54) is 38.9 Å². The minimum Gasteiger partial charge on any atom is -0.351 e. The van der Waals surface area contributed by atoms with Crippen LogP contribution >= 0.6 is 0 Å². The molecule has 4 rings (SSSR count). The second-order valence-electron chi connectivity index (χ2n) is 8.36. The van der Waals surface area contributed by atoms with E-state index >= 15 is 0 Å². The van der Waals surface area contributed by atoms with Gasteiger partial charge in [-0.2, -0.15) is 0 Å². The molecule has 1 N–H and O–H groups in total. The fraction of sp³-hybridized carbons (Fsp3) is 0.250. The number of carbonyl (C=O) groups excluding carboxylic acids is 1. The summed E-state index contributed by atoms with van der Waals surface area (Å²) in [4.78, 5) is 11.9. The zero-order valence-corrected chi connectivity index (χ0v) is 18.5. The Bertz CT molecular complexity index is 1180. The monoisotopic (exact) mass is 395 g/mol. The lowest BCUT2D eigenvalue weighted by molar-refractivity contribution is -0.108. The summed E-state index contributed by atoms with van der Waals surface area (Å²) >= 11 is 0. The van der Waals surface area contributed by atoms with Crippen LogP contribution in [0.25, 0.3) is 22.3 Å². The first-order chi connectivity index (χ1) is 14.4. The molecule has 0 fully saturated rings. The Morgan fingerprint density at radius 3 is 2.17 bits per heavy atom. The standard InChI is InChI=1S/C28H29NO/c1-7-20-11-12-22(14-18(20)5)24-19(6)25(23-10-9-16(3)17(4)13-23)27-28(29-27)26(24)21(8-2)15-30/h8-15,21,29H,2,7H2,1,3-6H3. The number of hydrogen-bond acceptors (Lipinski definition) is 2. The van der Waals surface area contributed by atoms with Crippen LogP contribution < -0.4 is 5.32 Å². The lowest BCUT2D eigenvalue weighted by Crippen LogP contribution is -2.01. The van der Waals surface area contributed by atoms with E-state index in [4.69, 9.17) is 0 Å². The number of nitrogens with one attached hydrogen (secondary N) is 1. The van der Waals surface area contributed by atoms with Gasteiger partial charge in [-0.05, 0) is 84.2 Å². The molecule has 2 nitrogen and oxygen atoms in total. The predicted octanol–water partition coefficient (Wildman–Crippen LogP) is 7.34. The summed E-state index contributed by atoms with van der Waals surface area (Å²) in [5.41, 5.74) is 14.4. The summed E-state index contributed by atoms with van der Waals surface area (Å²) in [6.07, 6.45) is 3.75. The molecule has 3 aromatic rings. The SMILES string of the molecule is C=CC(C=O)c1c2c(c(-c3ccc(C)c(C)c3)c(C)c1-c1ccc(CC)c(C)c1)N2. The molecular formula is C28H29NO. The zero-order chi connectivity index (χ0) is 21.6. The molecule has 2 heteroatoms. The number of allylic oxidation sites excluding steroid dienone is 1. The lowest BCUT2D eigenvalue weighted by atomic mass is 9.83. The van der Waals surface area contributed by atoms with Crippen LogP contribution in [0.5, 0.6) is 0 Å². The average molecular weight is 396 g/mol. The van der Waals surface area contributed by atoms with Gasteiger partial charge < -0.3 is 10.1 Å². The van der Waals surface area contributed by atoms with Crippen molar-refractivity contribution in [3.63, 3.8) is 0 Å². The quantitative estimate of drug-likeness (QED) is 0.211. The molecule has 0 amide bonds. The Hall–Kier alpha value is -3.13. The van der Waals surface area contributed by atoms with Crippen molar-refractivity contribution in [2.24, 2.45) is 0 Å². The molecule has 0 aliphatic carbocycles. The van der Waals surface area contributed by atoms with Gasteiger partial charge in [0.2, 0.25) is 0 Å². The Kier molecular flexibility index (Phi) is 5.11. The lowest BCUT2D eigenvalue weighted by Gasteiger charge is -2.19. The molecular weight excluding hydrogens is 366 g/mol. The summed E-state index contributed by atoms with van der Waals surface area (Å²) < 4.78 is 0. The molecule has 0 saturated heterocycles. The van der Waals surface area contributed by atoms with E-state index in [1.807, 2.05) is 0 Å². The Morgan fingerprint density at radius 2 is 1.57 bits per heavy atom. The predicted molar refractivity (Wildman–Crippen MR) is 128 cm³/mol. The van der Waals surface area contributed by atoms with Gasteiger partial charge >= 0.3 is 0 Å². The molecule has 0 spiro atoms. The fourth-order valence-corrected chi connectivity index (χ4v) is 4.58. The number of aldehydes is 1. The van der Waals surface area contributed by atoms with Gasteiger partial charge in [0, 0.05) is 5.56 Å². The van der Waals surface area contributed by atoms with Crippen LogP contribution in [0.15, 0.2) is 49.1 Å². The summed E-state index contributed by atoms with van der Waals surface area (Å²) in [7, 11) is 0. The molecule has 0 radical (unpaired) electrons. The number of aryl methyl sites for hydroxylation is 4. The third-order valence-electron chi connectivity index (χ3n) is 6.52. The largest absolute Gasteiger partial charge is 0.351 e. The van der Waals surface area contributed by atoms with Gasteiger partial charge in [0.05, 0.1) is 17.3 Å². The number of rotatable bonds is 6. The van der Waals surface area contributed by atoms with Crippen molar-refractivity contribution in [1.29, 1.82) is 0 Å². The van der Waals surface area contributed by atoms with Crippen molar-refractivity contribution < 1.29 is 4.79 Å². The van der Waals surface area contributed by atoms with Gasteiger partial charge in [-0.1, -0.05) is 49.4 Å². The van der Waals surface area contributed by atoms with Gasteiger partial charge in [0.1, 0.15) is 6.29 Å². The first-order valence-electron chi connectivity index (χ1n) is 10.6. The first kappa shape index (κ1) is 20.2. The number of hydrogen-bond donors (Lipinski definition) is 1. The topological polar surface area (TPSA) is 39.0 Å². The van der Waals surface area contributed by atoms with Gasteiger partial charge in [0.25, 0.3) is 0 Å². The highest BCUT2D eigenvalue weighted by Gasteiger charge is 2.34. The van der Waals surface area contributed by atoms with E-state index in [9.17, 15) is 4.79 Å². The molecule has 1 atom stereocenters. The molecule has 1 heterocycles. The van der Waals surface area contributed by atoms with E-state index in [2.05, 4.69) is 82.9 Å². The zero-order valence-electron chi connectivity index (χ0n) is 18.5. The Morgan fingerprint density at radius 1 is 0.900 bits per heavy atom. The molecule has 0 saturated carbocycles. The van der Waals surface area contributed by atoms with Crippen molar-refractivity contribution in [3.8, 4) is 22.3 Å². The van der Waals surface area contributed by atoms with Crippen LogP contribution in [0.1, 0.15) is 46.2 Å². The summed E-state index contributed by atoms with van der Waals surface area (Å²) in [6, 6.07) is 13.3. The van der Waals surface area contributed by atoms with Gasteiger partial charge in [-0.15, -0.1) is 6.58 Å². The van der Waals surface area contributed by atoms with E-state index in [0.29, 0.717) is 0 Å². The Balaban J connectivity index is 2.03. The fourth-order valence-electron chi connectivity index (χ4n) is 4.58. The normalized spacial score (nSPS) is 12.7. The molecule has 0 bridgehead atoms. The molecule has 152 valence electrons. The van der Waals surface area contributed by atoms with Gasteiger partial charge in [-0.3, -0.25) is 0 Å². The molecule has 0 aromatic heterocycles. The van der Waals surface area contributed by atoms with Crippen LogP contribution in [0.4, 0.5) is 11.4 Å². The first-order valence-corrected chi connectivity index (χ1v) is 10.6. The van der Waals surface area contributed by atoms with Crippen molar-refractivity contribution >= 4 is 17.7 Å². The summed E-state index contributed by atoms with van der Waals surface area (Å²) in [5.74, 6) is -0.331. The maximum atomic E-state index is 11.9. The van der Waals surface area contributed by atoms with Crippen LogP contribution in [-0.4, -0.2) is 6.29 Å². The van der Waals surface area contributed by atoms with Gasteiger partial charge in [0.15, 0.2) is 0 Å². The van der Waals surface area contributed by atoms with Crippen molar-refractivity contribution in [3.05, 3.63) is 82.4 Å². The summed E-state index contributed by atoms with van der Waals surface area (Å²) in [5, 5.41) is 3.49. The van der Waals surface area contributed by atoms with Crippen LogP contribution in [0, 0.1) is 27.7 Å².